The van der Waals surface area contributed by atoms with Gasteiger partial charge in [-0.3, -0.25) is 10.2 Å². The van der Waals surface area contributed by atoms with Gasteiger partial charge in [-0.15, -0.1) is 11.3 Å². The molecule has 0 bridgehead atoms. The Balaban J connectivity index is 0.000000757. The number of anilines is 1. The van der Waals surface area contributed by atoms with Gasteiger partial charge in [0.2, 0.25) is 5.91 Å². The van der Waals surface area contributed by atoms with Crippen molar-refractivity contribution in [2.45, 2.75) is 40.0 Å². The number of benzene rings is 2. The predicted octanol–water partition coefficient (Wildman–Crippen LogP) is 5.92. The van der Waals surface area contributed by atoms with Gasteiger partial charge in [0, 0.05) is 32.1 Å². The number of hydrazone groups is 1. The number of aromatic hydroxyl groups is 1. The van der Waals surface area contributed by atoms with Gasteiger partial charge in [-0.05, 0) is 53.9 Å². The number of amides is 1. The topological polar surface area (TPSA) is 114 Å². The smallest absolute Gasteiger partial charge is 0.335 e. The molecule has 3 rings (SSSR count). The summed E-state index contributed by atoms with van der Waals surface area (Å²) < 4.78 is 0. The summed E-state index contributed by atoms with van der Waals surface area (Å²) in [4.78, 5) is 23.5. The van der Waals surface area contributed by atoms with Crippen LogP contribution in [0.15, 0.2) is 59.0 Å². The van der Waals surface area contributed by atoms with Gasteiger partial charge < -0.3 is 20.4 Å². The lowest BCUT2D eigenvalue weighted by molar-refractivity contribution is -0.126. The third-order valence-electron chi connectivity index (χ3n) is 5.49. The zero-order valence-corrected chi connectivity index (χ0v) is 24.3. The second kappa shape index (κ2) is 13.2. The van der Waals surface area contributed by atoms with Crippen molar-refractivity contribution in [2.24, 2.45) is 5.10 Å². The lowest BCUT2D eigenvalue weighted by atomic mass is 9.86. The number of carboxylic acid groups (broad SMARTS) is 1. The van der Waals surface area contributed by atoms with Crippen molar-refractivity contribution in [1.82, 2.24) is 10.3 Å². The van der Waals surface area contributed by atoms with Crippen LogP contribution in [-0.2, 0) is 10.2 Å². The average molecular weight is 555 g/mol. The van der Waals surface area contributed by atoms with Crippen molar-refractivity contribution in [2.75, 3.05) is 19.4 Å². The molecule has 0 unspecified atom stereocenters. The van der Waals surface area contributed by atoms with Crippen molar-refractivity contribution in [3.05, 3.63) is 70.6 Å². The maximum atomic E-state index is 11.1. The largest absolute Gasteiger partial charge is 0.506 e. The number of hydrogen-bond donors (Lipinski definition) is 4. The Morgan fingerprint density at radius 3 is 2.18 bits per heavy atom. The number of thiophene rings is 1. The van der Waals surface area contributed by atoms with Crippen LogP contribution in [0, 0.1) is 0 Å². The van der Waals surface area contributed by atoms with Crippen molar-refractivity contribution in [3.8, 4) is 16.2 Å². The zero-order chi connectivity index (χ0) is 28.6. The fourth-order valence-corrected chi connectivity index (χ4v) is 4.19. The van der Waals surface area contributed by atoms with Crippen LogP contribution in [0.4, 0.5) is 5.69 Å². The van der Waals surface area contributed by atoms with E-state index in [4.69, 9.17) is 17.3 Å². The van der Waals surface area contributed by atoms with E-state index in [9.17, 15) is 14.7 Å². The maximum Gasteiger partial charge on any atom is 0.335 e. The van der Waals surface area contributed by atoms with Gasteiger partial charge in [0.05, 0.1) is 21.7 Å². The summed E-state index contributed by atoms with van der Waals surface area (Å²) in [6.07, 6.45) is 0. The fourth-order valence-electron chi connectivity index (χ4n) is 3.02. The van der Waals surface area contributed by atoms with Crippen LogP contribution >= 0.6 is 23.6 Å². The molecule has 0 spiro atoms. The van der Waals surface area contributed by atoms with Crippen LogP contribution in [0.3, 0.4) is 0 Å². The first-order chi connectivity index (χ1) is 17.7. The molecule has 0 aliphatic heterocycles. The highest BCUT2D eigenvalue weighted by Crippen LogP contribution is 2.39. The van der Waals surface area contributed by atoms with Gasteiger partial charge in [0.15, 0.2) is 5.11 Å². The zero-order valence-electron chi connectivity index (χ0n) is 22.6. The molecule has 0 fully saturated rings. The molecule has 4 N–H and O–H groups in total. The maximum absolute atomic E-state index is 11.1. The van der Waals surface area contributed by atoms with Gasteiger partial charge in [0.1, 0.15) is 5.75 Å². The number of carbonyl (C=O) groups excluding carboxylic acids is 1. The fraction of sp³-hybridized carbons (Fsp3) is 0.286. The quantitative estimate of drug-likeness (QED) is 0.176. The Kier molecular flexibility index (Phi) is 10.5. The number of nitrogens with one attached hydrogen (secondary N) is 2. The Hall–Kier alpha value is -3.76. The highest BCUT2D eigenvalue weighted by Gasteiger charge is 2.17. The second-order valence-electron chi connectivity index (χ2n) is 9.72. The molecule has 0 radical (unpaired) electrons. The summed E-state index contributed by atoms with van der Waals surface area (Å²) in [6.45, 7) is 9.79. The van der Waals surface area contributed by atoms with Crippen LogP contribution in [0.5, 0.6) is 5.75 Å². The molecule has 8 nitrogen and oxygen atoms in total. The normalized spacial score (nSPS) is 11.2. The molecule has 1 heterocycles. The Morgan fingerprint density at radius 1 is 1.05 bits per heavy atom. The van der Waals surface area contributed by atoms with E-state index in [-0.39, 0.29) is 27.7 Å². The first-order valence-corrected chi connectivity index (χ1v) is 13.0. The summed E-state index contributed by atoms with van der Waals surface area (Å²) in [5.41, 5.74) is 6.86. The Bertz CT molecular complexity index is 1320. The summed E-state index contributed by atoms with van der Waals surface area (Å²) in [5, 5.41) is 29.1. The summed E-state index contributed by atoms with van der Waals surface area (Å²) in [6, 6.07) is 14.5. The van der Waals surface area contributed by atoms with Crippen LogP contribution in [0.25, 0.3) is 10.4 Å². The molecule has 38 heavy (non-hydrogen) atoms. The van der Waals surface area contributed by atoms with E-state index in [1.165, 1.54) is 40.9 Å². The standard InChI is InChI=1S/C24H25N3O3S2.C4H9NO/c1-14(26-27-23(31)25-18-7-5-6-16(12-18)22(29)30)19-13-32-21(20(19)28)15-8-10-17(11-9-15)24(2,3)4;1-4(6)5(2)3/h5-13,28H,1-4H3,(H,29,30)(H2,25,27,31);1-3H3/b26-14+;. The lowest BCUT2D eigenvalue weighted by Crippen LogP contribution is -2.25. The molecular formula is C28H34N4O4S2. The number of rotatable bonds is 5. The Labute approximate surface area is 233 Å². The van der Waals surface area contributed by atoms with Crippen LogP contribution in [0.2, 0.25) is 0 Å². The number of hydrogen-bond acceptors (Lipinski definition) is 6. The molecule has 0 aliphatic carbocycles. The molecule has 0 aliphatic rings. The minimum Gasteiger partial charge on any atom is -0.506 e. The van der Waals surface area contributed by atoms with E-state index >= 15 is 0 Å². The highest BCUT2D eigenvalue weighted by atomic mass is 32.1. The molecule has 1 amide bonds. The molecule has 1 aromatic heterocycles. The number of carbonyl (C=O) groups is 2. The molecule has 202 valence electrons. The summed E-state index contributed by atoms with van der Waals surface area (Å²) in [7, 11) is 3.45. The SMILES string of the molecule is C/C(=N\NC(=S)Nc1cccc(C(=O)O)c1)c1csc(-c2ccc(C(C)(C)C)cc2)c1O.CC(=O)N(C)C. The molecule has 0 atom stereocenters. The third kappa shape index (κ3) is 8.67. The van der Waals surface area contributed by atoms with Gasteiger partial charge >= 0.3 is 5.97 Å². The van der Waals surface area contributed by atoms with Crippen molar-refractivity contribution >= 4 is 51.9 Å². The number of nitrogens with zero attached hydrogens (tertiary/aromatic N) is 2. The third-order valence-corrected chi connectivity index (χ3v) is 6.70. The number of carboxylic acids is 1. The molecule has 3 aromatic rings. The number of thiocarbonyl (C=S) groups is 1. The second-order valence-corrected chi connectivity index (χ2v) is 11.0. The van der Waals surface area contributed by atoms with Gasteiger partial charge in [-0.1, -0.05) is 51.1 Å². The molecule has 0 saturated heterocycles. The molecule has 0 saturated carbocycles. The monoisotopic (exact) mass is 554 g/mol. The van der Waals surface area contributed by atoms with Gasteiger partial charge in [0.25, 0.3) is 0 Å². The molecule has 10 heteroatoms. The van der Waals surface area contributed by atoms with Crippen molar-refractivity contribution in [1.29, 1.82) is 0 Å². The van der Waals surface area contributed by atoms with E-state index in [1.54, 1.807) is 33.2 Å². The van der Waals surface area contributed by atoms with E-state index in [2.05, 4.69) is 48.7 Å². The van der Waals surface area contributed by atoms with E-state index in [0.29, 0.717) is 17.0 Å². The minimum atomic E-state index is -1.02. The lowest BCUT2D eigenvalue weighted by Gasteiger charge is -2.19. The van der Waals surface area contributed by atoms with Crippen LogP contribution in [-0.4, -0.2) is 51.9 Å². The van der Waals surface area contributed by atoms with Gasteiger partial charge in [-0.2, -0.15) is 5.10 Å². The van der Waals surface area contributed by atoms with E-state index < -0.39 is 5.97 Å². The van der Waals surface area contributed by atoms with Crippen LogP contribution < -0.4 is 10.7 Å². The number of aromatic carboxylic acids is 1. The van der Waals surface area contributed by atoms with Crippen molar-refractivity contribution in [3.63, 3.8) is 0 Å². The van der Waals surface area contributed by atoms with Gasteiger partial charge in [-0.25, -0.2) is 4.79 Å². The molecule has 2 aromatic carbocycles. The Morgan fingerprint density at radius 2 is 1.66 bits per heavy atom. The first kappa shape index (κ1) is 30.5. The van der Waals surface area contributed by atoms with E-state index in [1.807, 2.05) is 17.5 Å². The average Bonchev–Trinajstić information content (AvgIpc) is 3.23. The van der Waals surface area contributed by atoms with Crippen LogP contribution in [0.1, 0.15) is 56.1 Å². The van der Waals surface area contributed by atoms with E-state index in [0.717, 1.165) is 10.4 Å². The first-order valence-electron chi connectivity index (χ1n) is 11.7. The van der Waals surface area contributed by atoms with Crippen molar-refractivity contribution < 1.29 is 19.8 Å². The predicted molar refractivity (Wildman–Crippen MR) is 159 cm³/mol. The minimum absolute atomic E-state index is 0.0670. The summed E-state index contributed by atoms with van der Waals surface area (Å²) >= 11 is 6.68. The molecular weight excluding hydrogens is 520 g/mol. The summed E-state index contributed by atoms with van der Waals surface area (Å²) in [5.74, 6) is -0.747. The highest BCUT2D eigenvalue weighted by molar-refractivity contribution is 7.80.